The van der Waals surface area contributed by atoms with E-state index in [1.54, 1.807) is 0 Å². The number of benzene rings is 2. The van der Waals surface area contributed by atoms with Crippen molar-refractivity contribution in [1.82, 2.24) is 0 Å². The molecule has 0 unspecified atom stereocenters. The van der Waals surface area contributed by atoms with Gasteiger partial charge in [-0.1, -0.05) is 42.0 Å². The molecule has 0 saturated carbocycles. The average Bonchev–Trinajstić information content (AvgIpc) is 2.30. The van der Waals surface area contributed by atoms with Gasteiger partial charge in [0.25, 0.3) is 0 Å². The summed E-state index contributed by atoms with van der Waals surface area (Å²) in [4.78, 5) is 0. The van der Waals surface area contributed by atoms with Gasteiger partial charge in [0.15, 0.2) is 0 Å². The van der Waals surface area contributed by atoms with Crippen LogP contribution in [0.3, 0.4) is 0 Å². The summed E-state index contributed by atoms with van der Waals surface area (Å²) in [6, 6.07) is 17.0. The van der Waals surface area contributed by atoms with Crippen LogP contribution in [0.1, 0.15) is 5.56 Å². The van der Waals surface area contributed by atoms with Crippen LogP contribution in [0.5, 0.6) is 0 Å². The summed E-state index contributed by atoms with van der Waals surface area (Å²) in [7, 11) is 1.93. The molecule has 0 bridgehead atoms. The highest BCUT2D eigenvalue weighted by atomic mass is 14.8. The third-order valence-corrected chi connectivity index (χ3v) is 2.56. The van der Waals surface area contributed by atoms with Crippen molar-refractivity contribution in [2.24, 2.45) is 0 Å². The fourth-order valence-corrected chi connectivity index (χ4v) is 1.58. The quantitative estimate of drug-likeness (QED) is 0.774. The van der Waals surface area contributed by atoms with Crippen molar-refractivity contribution < 1.29 is 0 Å². The van der Waals surface area contributed by atoms with Gasteiger partial charge in [-0.25, -0.2) is 0 Å². The molecule has 2 rings (SSSR count). The summed E-state index contributed by atoms with van der Waals surface area (Å²) >= 11 is 0. The van der Waals surface area contributed by atoms with Crippen LogP contribution in [0.15, 0.2) is 48.5 Å². The van der Waals surface area contributed by atoms with Gasteiger partial charge in [0.2, 0.25) is 0 Å². The smallest absolute Gasteiger partial charge is 0.0337 e. The molecule has 1 heteroatoms. The third kappa shape index (κ3) is 2.18. The van der Waals surface area contributed by atoms with E-state index in [0.717, 1.165) is 5.69 Å². The Labute approximate surface area is 90.8 Å². The van der Waals surface area contributed by atoms with Gasteiger partial charge in [0.1, 0.15) is 0 Å². The Bertz CT molecular complexity index is 426. The van der Waals surface area contributed by atoms with E-state index in [0.29, 0.717) is 0 Å². The fourth-order valence-electron chi connectivity index (χ4n) is 1.58. The van der Waals surface area contributed by atoms with Crippen LogP contribution in [0, 0.1) is 6.92 Å². The summed E-state index contributed by atoms with van der Waals surface area (Å²) < 4.78 is 0. The lowest BCUT2D eigenvalue weighted by atomic mass is 10.0. The average molecular weight is 197 g/mol. The molecule has 2 aromatic carbocycles. The van der Waals surface area contributed by atoms with Crippen molar-refractivity contribution in [1.29, 1.82) is 0 Å². The van der Waals surface area contributed by atoms with Gasteiger partial charge in [-0.2, -0.15) is 0 Å². The highest BCUT2D eigenvalue weighted by Gasteiger charge is 1.96. The number of hydrogen-bond acceptors (Lipinski definition) is 1. The van der Waals surface area contributed by atoms with Gasteiger partial charge < -0.3 is 5.32 Å². The highest BCUT2D eigenvalue weighted by Crippen LogP contribution is 2.21. The van der Waals surface area contributed by atoms with Crippen molar-refractivity contribution in [3.05, 3.63) is 54.1 Å². The predicted octanol–water partition coefficient (Wildman–Crippen LogP) is 3.70. The van der Waals surface area contributed by atoms with Crippen molar-refractivity contribution in [3.63, 3.8) is 0 Å². The monoisotopic (exact) mass is 197 g/mol. The number of hydrogen-bond donors (Lipinski definition) is 1. The van der Waals surface area contributed by atoms with E-state index in [2.05, 4.69) is 60.8 Å². The SMILES string of the molecule is CNc1ccc(-c2ccc(C)cc2)cc1. The van der Waals surface area contributed by atoms with E-state index in [4.69, 9.17) is 0 Å². The lowest BCUT2D eigenvalue weighted by Crippen LogP contribution is -1.86. The zero-order valence-corrected chi connectivity index (χ0v) is 9.12. The molecule has 0 aromatic heterocycles. The van der Waals surface area contributed by atoms with E-state index in [-0.39, 0.29) is 0 Å². The largest absolute Gasteiger partial charge is 0.388 e. The molecule has 0 heterocycles. The van der Waals surface area contributed by atoms with Crippen LogP contribution in [0.2, 0.25) is 0 Å². The third-order valence-electron chi connectivity index (χ3n) is 2.56. The highest BCUT2D eigenvalue weighted by molar-refractivity contribution is 5.66. The second-order valence-electron chi connectivity index (χ2n) is 3.69. The van der Waals surface area contributed by atoms with Gasteiger partial charge in [-0.3, -0.25) is 0 Å². The molecule has 0 amide bonds. The molecule has 0 aliphatic heterocycles. The summed E-state index contributed by atoms with van der Waals surface area (Å²) in [6.45, 7) is 2.11. The zero-order chi connectivity index (χ0) is 10.7. The maximum absolute atomic E-state index is 3.11. The predicted molar refractivity (Wildman–Crippen MR) is 66.2 cm³/mol. The summed E-state index contributed by atoms with van der Waals surface area (Å²) in [6.07, 6.45) is 0. The van der Waals surface area contributed by atoms with Crippen LogP contribution in [0.25, 0.3) is 11.1 Å². The zero-order valence-electron chi connectivity index (χ0n) is 9.12. The maximum Gasteiger partial charge on any atom is 0.0337 e. The Morgan fingerprint density at radius 1 is 0.733 bits per heavy atom. The molecule has 2 aromatic rings. The molecule has 15 heavy (non-hydrogen) atoms. The molecule has 0 spiro atoms. The van der Waals surface area contributed by atoms with Gasteiger partial charge in [0, 0.05) is 12.7 Å². The van der Waals surface area contributed by atoms with Crippen LogP contribution < -0.4 is 5.32 Å². The Hall–Kier alpha value is -1.76. The Balaban J connectivity index is 2.33. The molecule has 0 saturated heterocycles. The van der Waals surface area contributed by atoms with Crippen molar-refractivity contribution in [2.45, 2.75) is 6.92 Å². The van der Waals surface area contributed by atoms with Crippen LogP contribution in [-0.4, -0.2) is 7.05 Å². The lowest BCUT2D eigenvalue weighted by molar-refractivity contribution is 1.46. The van der Waals surface area contributed by atoms with Crippen LogP contribution in [-0.2, 0) is 0 Å². The van der Waals surface area contributed by atoms with E-state index in [9.17, 15) is 0 Å². The molecule has 1 N–H and O–H groups in total. The maximum atomic E-state index is 3.11. The molecule has 0 aliphatic carbocycles. The minimum absolute atomic E-state index is 1.14. The van der Waals surface area contributed by atoms with E-state index < -0.39 is 0 Å². The molecular formula is C14H15N. The minimum Gasteiger partial charge on any atom is -0.388 e. The van der Waals surface area contributed by atoms with Crippen molar-refractivity contribution >= 4 is 5.69 Å². The van der Waals surface area contributed by atoms with Gasteiger partial charge in [0.05, 0.1) is 0 Å². The molecule has 76 valence electrons. The summed E-state index contributed by atoms with van der Waals surface area (Å²) in [5.74, 6) is 0. The molecule has 0 atom stereocenters. The first kappa shape index (κ1) is 9.78. The summed E-state index contributed by atoms with van der Waals surface area (Å²) in [5.41, 5.74) is 4.97. The lowest BCUT2D eigenvalue weighted by Gasteiger charge is -2.04. The van der Waals surface area contributed by atoms with E-state index in [1.807, 2.05) is 7.05 Å². The number of rotatable bonds is 2. The Kier molecular flexibility index (Phi) is 2.72. The topological polar surface area (TPSA) is 12.0 Å². The number of aryl methyl sites for hydroxylation is 1. The normalized spacial score (nSPS) is 10.0. The standard InChI is InChI=1S/C14H15N/c1-11-3-5-12(6-4-11)13-7-9-14(15-2)10-8-13/h3-10,15H,1-2H3. The first-order valence-electron chi connectivity index (χ1n) is 5.14. The molecule has 1 nitrogen and oxygen atoms in total. The summed E-state index contributed by atoms with van der Waals surface area (Å²) in [5, 5.41) is 3.11. The molecular weight excluding hydrogens is 182 g/mol. The van der Waals surface area contributed by atoms with Gasteiger partial charge in [-0.05, 0) is 30.2 Å². The Morgan fingerprint density at radius 2 is 1.20 bits per heavy atom. The van der Waals surface area contributed by atoms with Crippen molar-refractivity contribution in [2.75, 3.05) is 12.4 Å². The molecule has 0 aliphatic rings. The number of anilines is 1. The first-order valence-corrected chi connectivity index (χ1v) is 5.14. The fraction of sp³-hybridized carbons (Fsp3) is 0.143. The van der Waals surface area contributed by atoms with E-state index in [1.165, 1.54) is 16.7 Å². The molecule has 0 fully saturated rings. The van der Waals surface area contributed by atoms with Crippen molar-refractivity contribution in [3.8, 4) is 11.1 Å². The second-order valence-corrected chi connectivity index (χ2v) is 3.69. The van der Waals surface area contributed by atoms with E-state index >= 15 is 0 Å². The molecule has 0 radical (unpaired) electrons. The minimum atomic E-state index is 1.14. The van der Waals surface area contributed by atoms with Gasteiger partial charge >= 0.3 is 0 Å². The van der Waals surface area contributed by atoms with Gasteiger partial charge in [-0.15, -0.1) is 0 Å². The Morgan fingerprint density at radius 3 is 1.67 bits per heavy atom. The van der Waals surface area contributed by atoms with Crippen LogP contribution >= 0.6 is 0 Å². The number of nitrogens with one attached hydrogen (secondary N) is 1. The first-order chi connectivity index (χ1) is 7.29. The van der Waals surface area contributed by atoms with Crippen LogP contribution in [0.4, 0.5) is 5.69 Å². The second kappa shape index (κ2) is 4.18.